The summed E-state index contributed by atoms with van der Waals surface area (Å²) < 4.78 is 31.9. The predicted molar refractivity (Wildman–Crippen MR) is 122 cm³/mol. The molecule has 0 radical (unpaired) electrons. The van der Waals surface area contributed by atoms with Crippen LogP contribution in [0, 0.1) is 23.5 Å². The molecule has 1 heterocycles. The van der Waals surface area contributed by atoms with E-state index >= 15 is 0 Å². The second-order valence-corrected chi connectivity index (χ2v) is 7.48. The van der Waals surface area contributed by atoms with Crippen LogP contribution in [0.1, 0.15) is 27.0 Å². The lowest BCUT2D eigenvalue weighted by Gasteiger charge is -2.26. The van der Waals surface area contributed by atoms with Gasteiger partial charge in [0.25, 0.3) is 5.91 Å². The number of benzene rings is 3. The molecule has 0 atom stereocenters. The molecule has 0 saturated heterocycles. The fraction of sp³-hybridized carbons (Fsp3) is 0.111. The van der Waals surface area contributed by atoms with Crippen molar-refractivity contribution in [3.8, 4) is 17.6 Å². The minimum atomic E-state index is -1.05. The van der Waals surface area contributed by atoms with Crippen LogP contribution in [-0.4, -0.2) is 25.8 Å². The number of carbonyl (C=O) groups is 2. The van der Waals surface area contributed by atoms with Gasteiger partial charge in [-0.1, -0.05) is 30.0 Å². The zero-order valence-electron chi connectivity index (χ0n) is 18.0. The largest absolute Gasteiger partial charge is 0.497 e. The SMILES string of the molecule is COc1ccc(CC#Cc2ccc3c(c2)C(=O)/C(=C/c2ccc(F)c(F)c2)C(=O)N3C)cc1. The van der Waals surface area contributed by atoms with Crippen molar-refractivity contribution in [2.75, 3.05) is 19.1 Å². The third-order valence-corrected chi connectivity index (χ3v) is 5.32. The second-order valence-electron chi connectivity index (χ2n) is 7.48. The number of Topliss-reactive ketones (excluding diaryl/α,β-unsaturated/α-hetero) is 1. The lowest BCUT2D eigenvalue weighted by molar-refractivity contribution is -0.114. The summed E-state index contributed by atoms with van der Waals surface area (Å²) in [5.74, 6) is 3.84. The molecule has 4 nitrogen and oxygen atoms in total. The average Bonchev–Trinajstić information content (AvgIpc) is 2.83. The molecular formula is C27H19F2NO3. The quantitative estimate of drug-likeness (QED) is 0.332. The Kier molecular flexibility index (Phi) is 6.05. The highest BCUT2D eigenvalue weighted by molar-refractivity contribution is 6.36. The number of fused-ring (bicyclic) bond motifs is 1. The van der Waals surface area contributed by atoms with Crippen molar-refractivity contribution < 1.29 is 23.1 Å². The van der Waals surface area contributed by atoms with Crippen molar-refractivity contribution in [1.82, 2.24) is 0 Å². The summed E-state index contributed by atoms with van der Waals surface area (Å²) >= 11 is 0. The highest BCUT2D eigenvalue weighted by Gasteiger charge is 2.32. The Morgan fingerprint density at radius 2 is 1.73 bits per heavy atom. The number of carbonyl (C=O) groups excluding carboxylic acids is 2. The smallest absolute Gasteiger partial charge is 0.262 e. The second kappa shape index (κ2) is 9.09. The van der Waals surface area contributed by atoms with Crippen LogP contribution in [0.15, 0.2) is 66.2 Å². The maximum absolute atomic E-state index is 13.6. The summed E-state index contributed by atoms with van der Waals surface area (Å²) in [6, 6.07) is 15.9. The van der Waals surface area contributed by atoms with Gasteiger partial charge in [0.15, 0.2) is 11.6 Å². The molecule has 0 saturated carbocycles. The lowest BCUT2D eigenvalue weighted by Crippen LogP contribution is -2.36. The van der Waals surface area contributed by atoms with E-state index in [2.05, 4.69) is 11.8 Å². The molecule has 0 fully saturated rings. The normalized spacial score (nSPS) is 14.1. The van der Waals surface area contributed by atoms with Gasteiger partial charge in [-0.25, -0.2) is 8.78 Å². The minimum Gasteiger partial charge on any atom is -0.497 e. The third kappa shape index (κ3) is 4.53. The van der Waals surface area contributed by atoms with Crippen LogP contribution < -0.4 is 9.64 Å². The van der Waals surface area contributed by atoms with Gasteiger partial charge < -0.3 is 9.64 Å². The van der Waals surface area contributed by atoms with Crippen LogP contribution in [0.3, 0.4) is 0 Å². The zero-order valence-corrected chi connectivity index (χ0v) is 18.0. The van der Waals surface area contributed by atoms with Crippen molar-refractivity contribution >= 4 is 23.5 Å². The van der Waals surface area contributed by atoms with E-state index in [9.17, 15) is 18.4 Å². The van der Waals surface area contributed by atoms with Crippen molar-refractivity contribution in [2.24, 2.45) is 0 Å². The molecular weight excluding hydrogens is 424 g/mol. The number of anilines is 1. The lowest BCUT2D eigenvalue weighted by atomic mass is 9.92. The van der Waals surface area contributed by atoms with E-state index in [1.807, 2.05) is 24.3 Å². The molecule has 0 aromatic heterocycles. The number of ketones is 1. The van der Waals surface area contributed by atoms with Gasteiger partial charge in [0.1, 0.15) is 5.75 Å². The highest BCUT2D eigenvalue weighted by Crippen LogP contribution is 2.31. The molecule has 1 aliphatic rings. The first-order chi connectivity index (χ1) is 15.9. The highest BCUT2D eigenvalue weighted by atomic mass is 19.2. The molecule has 0 bridgehead atoms. The summed E-state index contributed by atoms with van der Waals surface area (Å²) in [5.41, 5.74) is 2.54. The van der Waals surface area contributed by atoms with Crippen molar-refractivity contribution in [2.45, 2.75) is 6.42 Å². The molecule has 3 aromatic rings. The molecule has 33 heavy (non-hydrogen) atoms. The molecule has 4 rings (SSSR count). The summed E-state index contributed by atoms with van der Waals surface area (Å²) in [6.07, 6.45) is 1.79. The van der Waals surface area contributed by atoms with E-state index in [1.54, 1.807) is 32.4 Å². The Hall–Kier alpha value is -4.24. The van der Waals surface area contributed by atoms with Crippen LogP contribution in [0.5, 0.6) is 5.75 Å². The van der Waals surface area contributed by atoms with E-state index in [1.165, 1.54) is 17.0 Å². The Balaban J connectivity index is 1.62. The van der Waals surface area contributed by atoms with E-state index in [0.717, 1.165) is 23.4 Å². The number of hydrogen-bond acceptors (Lipinski definition) is 3. The van der Waals surface area contributed by atoms with Crippen LogP contribution in [0.25, 0.3) is 6.08 Å². The van der Waals surface area contributed by atoms with Gasteiger partial charge >= 0.3 is 0 Å². The van der Waals surface area contributed by atoms with E-state index in [-0.39, 0.29) is 11.1 Å². The summed E-state index contributed by atoms with van der Waals surface area (Å²) in [6.45, 7) is 0. The van der Waals surface area contributed by atoms with Gasteiger partial charge in [0.05, 0.1) is 18.4 Å². The fourth-order valence-corrected chi connectivity index (χ4v) is 3.51. The molecule has 164 valence electrons. The Morgan fingerprint density at radius 3 is 2.42 bits per heavy atom. The number of halogens is 2. The van der Waals surface area contributed by atoms with Crippen LogP contribution in [-0.2, 0) is 11.2 Å². The van der Waals surface area contributed by atoms with Crippen molar-refractivity contribution in [3.63, 3.8) is 0 Å². The van der Waals surface area contributed by atoms with Crippen LogP contribution in [0.2, 0.25) is 0 Å². The minimum absolute atomic E-state index is 0.126. The first-order valence-corrected chi connectivity index (χ1v) is 10.1. The Morgan fingerprint density at radius 1 is 0.970 bits per heavy atom. The van der Waals surface area contributed by atoms with E-state index in [0.29, 0.717) is 23.2 Å². The Bertz CT molecular complexity index is 1350. The summed E-state index contributed by atoms with van der Waals surface area (Å²) in [4.78, 5) is 27.2. The average molecular weight is 443 g/mol. The molecule has 1 aliphatic heterocycles. The van der Waals surface area contributed by atoms with Crippen molar-refractivity contribution in [3.05, 3.63) is 100 Å². The number of amides is 1. The van der Waals surface area contributed by atoms with Crippen molar-refractivity contribution in [1.29, 1.82) is 0 Å². The van der Waals surface area contributed by atoms with Gasteiger partial charge in [0, 0.05) is 24.6 Å². The molecule has 0 N–H and O–H groups in total. The number of rotatable bonds is 3. The maximum atomic E-state index is 13.6. The van der Waals surface area contributed by atoms with Crippen LogP contribution in [0.4, 0.5) is 14.5 Å². The molecule has 3 aromatic carbocycles. The Labute approximate surface area is 190 Å². The third-order valence-electron chi connectivity index (χ3n) is 5.32. The topological polar surface area (TPSA) is 46.6 Å². The maximum Gasteiger partial charge on any atom is 0.262 e. The molecule has 1 amide bonds. The number of likely N-dealkylation sites (N-methyl/N-ethyl adjacent to an activating group) is 1. The van der Waals surface area contributed by atoms with E-state index < -0.39 is 23.3 Å². The summed E-state index contributed by atoms with van der Waals surface area (Å²) in [5, 5.41) is 0. The van der Waals surface area contributed by atoms with Gasteiger partial charge in [-0.2, -0.15) is 0 Å². The molecule has 0 spiro atoms. The molecule has 0 aliphatic carbocycles. The van der Waals surface area contributed by atoms with Crippen LogP contribution >= 0.6 is 0 Å². The monoisotopic (exact) mass is 443 g/mol. The first kappa shape index (κ1) is 22.0. The number of methoxy groups -OCH3 is 1. The first-order valence-electron chi connectivity index (χ1n) is 10.1. The number of ether oxygens (including phenoxy) is 1. The number of nitrogens with zero attached hydrogens (tertiary/aromatic N) is 1. The zero-order chi connectivity index (χ0) is 23.5. The predicted octanol–water partition coefficient (Wildman–Crippen LogP) is 4.81. The molecule has 0 unspecified atom stereocenters. The molecule has 6 heteroatoms. The van der Waals surface area contributed by atoms with Gasteiger partial charge in [0.2, 0.25) is 5.78 Å². The van der Waals surface area contributed by atoms with Gasteiger partial charge in [-0.3, -0.25) is 9.59 Å². The van der Waals surface area contributed by atoms with Gasteiger partial charge in [-0.05, 0) is 59.7 Å². The van der Waals surface area contributed by atoms with Gasteiger partial charge in [-0.15, -0.1) is 0 Å². The number of hydrogen-bond donors (Lipinski definition) is 0. The van der Waals surface area contributed by atoms with E-state index in [4.69, 9.17) is 4.74 Å². The summed E-state index contributed by atoms with van der Waals surface area (Å²) in [7, 11) is 3.16. The standard InChI is InChI=1S/C27H19F2NO3/c1-30-25-13-9-18(5-3-4-17-6-10-20(33-2)11-7-17)14-21(25)26(31)22(27(30)32)15-19-8-12-23(28)24(29)16-19/h6-16H,4H2,1-2H3/b22-15-. The fourth-order valence-electron chi connectivity index (χ4n) is 3.51.